The van der Waals surface area contributed by atoms with Crippen molar-refractivity contribution in [2.24, 2.45) is 11.8 Å². The monoisotopic (exact) mass is 318 g/mol. The Hall–Kier alpha value is -1.43. The molecule has 0 radical (unpaired) electrons. The number of rotatable bonds is 3. The number of hydrogen-bond donors (Lipinski definition) is 1. The van der Waals surface area contributed by atoms with E-state index in [0.717, 1.165) is 5.56 Å². The van der Waals surface area contributed by atoms with E-state index < -0.39 is 15.9 Å². The van der Waals surface area contributed by atoms with E-state index >= 15 is 0 Å². The smallest absolute Gasteiger partial charge is 0.182 e. The molecular formula is C17H18O4S. The van der Waals surface area contributed by atoms with Gasteiger partial charge in [0.1, 0.15) is 0 Å². The van der Waals surface area contributed by atoms with Gasteiger partial charge in [0, 0.05) is 11.8 Å². The average molecular weight is 318 g/mol. The first-order valence-corrected chi connectivity index (χ1v) is 9.13. The lowest BCUT2D eigenvalue weighted by molar-refractivity contribution is 0.0729. The summed E-state index contributed by atoms with van der Waals surface area (Å²) < 4.78 is 30.8. The molecule has 2 heterocycles. The zero-order chi connectivity index (χ0) is 15.5. The molecule has 0 saturated carbocycles. The normalized spacial score (nSPS) is 35.7. The molecule has 1 fully saturated rings. The van der Waals surface area contributed by atoms with Crippen LogP contribution in [-0.2, 0) is 14.6 Å². The minimum atomic E-state index is -3.43. The van der Waals surface area contributed by atoms with Crippen molar-refractivity contribution in [2.75, 3.05) is 5.75 Å². The minimum Gasteiger partial charge on any atom is -0.388 e. The Balaban J connectivity index is 1.59. The van der Waals surface area contributed by atoms with Crippen LogP contribution in [0.4, 0.5) is 0 Å². The summed E-state index contributed by atoms with van der Waals surface area (Å²) in [6.07, 6.45) is 5.07. The van der Waals surface area contributed by atoms with Crippen LogP contribution in [0.15, 0.2) is 53.0 Å². The molecule has 4 nitrogen and oxygen atoms in total. The maximum atomic E-state index is 12.5. The van der Waals surface area contributed by atoms with Gasteiger partial charge in [0.05, 0.1) is 29.0 Å². The quantitative estimate of drug-likeness (QED) is 0.861. The summed E-state index contributed by atoms with van der Waals surface area (Å²) in [5, 5.41) is 10.5. The molecule has 5 atom stereocenters. The lowest BCUT2D eigenvalue weighted by Gasteiger charge is -2.21. The number of ether oxygens (including phenoxy) is 1. The van der Waals surface area contributed by atoms with Crippen LogP contribution < -0.4 is 0 Å². The highest BCUT2D eigenvalue weighted by Crippen LogP contribution is 2.47. The molecule has 2 bridgehead atoms. The number of fused-ring (bicyclic) bond motifs is 5. The molecule has 0 aromatic heterocycles. The zero-order valence-corrected chi connectivity index (χ0v) is 13.0. The molecule has 1 aromatic rings. The van der Waals surface area contributed by atoms with Gasteiger partial charge in [0.2, 0.25) is 0 Å². The highest BCUT2D eigenvalue weighted by molar-refractivity contribution is 7.91. The van der Waals surface area contributed by atoms with Gasteiger partial charge >= 0.3 is 0 Å². The molecular weight excluding hydrogens is 300 g/mol. The topological polar surface area (TPSA) is 63.6 Å². The standard InChI is InChI=1S/C17H18O4S/c1-10-2-4-12(5-3-10)22(19,20)9-11-8-13-14-6-7-15(21-14)16(13)17(11)18/h2-8,13-18H,9H2,1H3/t13-,14-,15+,16-,17-/m1/s1. The predicted molar refractivity (Wildman–Crippen MR) is 82.1 cm³/mol. The largest absolute Gasteiger partial charge is 0.388 e. The predicted octanol–water partition coefficient (Wildman–Crippen LogP) is 1.64. The van der Waals surface area contributed by atoms with Crippen molar-refractivity contribution < 1.29 is 18.3 Å². The lowest BCUT2D eigenvalue weighted by Crippen LogP contribution is -2.30. The molecule has 116 valence electrons. The van der Waals surface area contributed by atoms with Gasteiger partial charge in [-0.25, -0.2) is 8.42 Å². The van der Waals surface area contributed by atoms with Crippen molar-refractivity contribution in [3.63, 3.8) is 0 Å². The first kappa shape index (κ1) is 14.2. The second kappa shape index (κ2) is 4.78. The second-order valence-corrected chi connectivity index (χ2v) is 8.35. The van der Waals surface area contributed by atoms with E-state index in [1.807, 2.05) is 25.2 Å². The summed E-state index contributed by atoms with van der Waals surface area (Å²) in [4.78, 5) is 0.306. The molecule has 1 aromatic carbocycles. The molecule has 5 heteroatoms. The molecule has 0 unspecified atom stereocenters. The Morgan fingerprint density at radius 3 is 2.50 bits per heavy atom. The molecule has 0 spiro atoms. The van der Waals surface area contributed by atoms with Gasteiger partial charge < -0.3 is 9.84 Å². The average Bonchev–Trinajstić information content (AvgIpc) is 3.14. The van der Waals surface area contributed by atoms with Crippen molar-refractivity contribution in [1.82, 2.24) is 0 Å². The fourth-order valence-electron chi connectivity index (χ4n) is 3.74. The Bertz CT molecular complexity index is 760. The molecule has 4 rings (SSSR count). The van der Waals surface area contributed by atoms with Crippen molar-refractivity contribution in [3.8, 4) is 0 Å². The van der Waals surface area contributed by atoms with Gasteiger partial charge in [0.25, 0.3) is 0 Å². The van der Waals surface area contributed by atoms with E-state index in [1.165, 1.54) is 0 Å². The summed E-state index contributed by atoms with van der Waals surface area (Å²) >= 11 is 0. The third kappa shape index (κ3) is 2.07. The van der Waals surface area contributed by atoms with Crippen LogP contribution in [-0.4, -0.2) is 37.6 Å². The van der Waals surface area contributed by atoms with Gasteiger partial charge in [-0.05, 0) is 24.6 Å². The fraction of sp³-hybridized carbons (Fsp3) is 0.412. The Morgan fingerprint density at radius 1 is 1.14 bits per heavy atom. The van der Waals surface area contributed by atoms with Gasteiger partial charge in [0.15, 0.2) is 9.84 Å². The summed E-state index contributed by atoms with van der Waals surface area (Å²) in [6, 6.07) is 6.83. The first-order chi connectivity index (χ1) is 10.5. The number of sulfone groups is 1. The molecule has 1 aliphatic carbocycles. The molecule has 1 saturated heterocycles. The van der Waals surface area contributed by atoms with E-state index in [9.17, 15) is 13.5 Å². The Labute approximate surface area is 130 Å². The van der Waals surface area contributed by atoms with Crippen LogP contribution >= 0.6 is 0 Å². The second-order valence-electron chi connectivity index (χ2n) is 6.36. The molecule has 22 heavy (non-hydrogen) atoms. The number of aryl methyl sites for hydroxylation is 1. The Kier molecular flexibility index (Phi) is 3.08. The van der Waals surface area contributed by atoms with Crippen molar-refractivity contribution in [1.29, 1.82) is 0 Å². The number of aliphatic hydroxyl groups is 1. The van der Waals surface area contributed by atoms with Crippen LogP contribution in [0.2, 0.25) is 0 Å². The lowest BCUT2D eigenvalue weighted by atomic mass is 9.84. The van der Waals surface area contributed by atoms with Crippen LogP contribution in [0.3, 0.4) is 0 Å². The van der Waals surface area contributed by atoms with Gasteiger partial charge in [-0.2, -0.15) is 0 Å². The molecule has 2 aliphatic heterocycles. The van der Waals surface area contributed by atoms with Crippen LogP contribution in [0.25, 0.3) is 0 Å². The highest BCUT2D eigenvalue weighted by Gasteiger charge is 2.52. The number of benzene rings is 1. The third-order valence-corrected chi connectivity index (χ3v) is 6.60. The van der Waals surface area contributed by atoms with Gasteiger partial charge in [-0.15, -0.1) is 0 Å². The minimum absolute atomic E-state index is 0.00997. The maximum Gasteiger partial charge on any atom is 0.182 e. The Morgan fingerprint density at radius 2 is 1.82 bits per heavy atom. The fourth-order valence-corrected chi connectivity index (χ4v) is 5.16. The molecule has 0 amide bonds. The van der Waals surface area contributed by atoms with Gasteiger partial charge in [-0.1, -0.05) is 35.9 Å². The summed E-state index contributed by atoms with van der Waals surface area (Å²) in [5.74, 6) is -0.0460. The van der Waals surface area contributed by atoms with Crippen molar-refractivity contribution in [3.05, 3.63) is 53.6 Å². The number of aliphatic hydroxyl groups excluding tert-OH is 1. The third-order valence-electron chi connectivity index (χ3n) is 4.90. The zero-order valence-electron chi connectivity index (χ0n) is 12.2. The summed E-state index contributed by atoms with van der Waals surface area (Å²) in [5.41, 5.74) is 1.63. The van der Waals surface area contributed by atoms with E-state index in [0.29, 0.717) is 10.5 Å². The van der Waals surface area contributed by atoms with E-state index in [4.69, 9.17) is 4.74 Å². The summed E-state index contributed by atoms with van der Waals surface area (Å²) in [7, 11) is -3.43. The number of hydrogen-bond acceptors (Lipinski definition) is 4. The van der Waals surface area contributed by atoms with E-state index in [-0.39, 0.29) is 29.8 Å². The first-order valence-electron chi connectivity index (χ1n) is 7.47. The van der Waals surface area contributed by atoms with Crippen LogP contribution in [0.5, 0.6) is 0 Å². The van der Waals surface area contributed by atoms with E-state index in [2.05, 4.69) is 0 Å². The van der Waals surface area contributed by atoms with Crippen LogP contribution in [0, 0.1) is 18.8 Å². The molecule has 1 N–H and O–H groups in total. The maximum absolute atomic E-state index is 12.5. The SMILES string of the molecule is Cc1ccc(S(=O)(=O)CC2=C[C@H]3[C@H]([C@@H]4C=C[C@H]3O4)[C@@H]2O)cc1. The summed E-state index contributed by atoms with van der Waals surface area (Å²) in [6.45, 7) is 1.92. The van der Waals surface area contributed by atoms with Crippen molar-refractivity contribution >= 4 is 9.84 Å². The van der Waals surface area contributed by atoms with E-state index in [1.54, 1.807) is 24.3 Å². The highest BCUT2D eigenvalue weighted by atomic mass is 32.2. The van der Waals surface area contributed by atoms with Crippen LogP contribution in [0.1, 0.15) is 5.56 Å². The van der Waals surface area contributed by atoms with Crippen molar-refractivity contribution in [2.45, 2.75) is 30.1 Å². The molecule has 3 aliphatic rings. The van der Waals surface area contributed by atoms with Gasteiger partial charge in [-0.3, -0.25) is 0 Å².